The van der Waals surface area contributed by atoms with Crippen molar-refractivity contribution in [1.29, 1.82) is 0 Å². The molecule has 0 aliphatic carbocycles. The molecule has 0 saturated carbocycles. The van der Waals surface area contributed by atoms with Gasteiger partial charge in [-0.25, -0.2) is 0 Å². The summed E-state index contributed by atoms with van der Waals surface area (Å²) in [5.41, 5.74) is 9.95. The van der Waals surface area contributed by atoms with Gasteiger partial charge in [-0.1, -0.05) is 48.5 Å². The molecule has 1 amide bonds. The van der Waals surface area contributed by atoms with Crippen molar-refractivity contribution in [3.63, 3.8) is 0 Å². The number of amidine groups is 1. The van der Waals surface area contributed by atoms with Gasteiger partial charge in [0.1, 0.15) is 11.9 Å². The molecule has 0 spiro atoms. The number of rotatable bonds is 4. The van der Waals surface area contributed by atoms with Crippen molar-refractivity contribution in [2.45, 2.75) is 19.9 Å². The Hall–Kier alpha value is -2.62. The van der Waals surface area contributed by atoms with E-state index in [1.165, 1.54) is 0 Å². The van der Waals surface area contributed by atoms with Gasteiger partial charge in [-0.05, 0) is 30.5 Å². The normalized spacial score (nSPS) is 15.4. The van der Waals surface area contributed by atoms with E-state index >= 15 is 0 Å². The lowest BCUT2D eigenvalue weighted by Crippen LogP contribution is -2.41. The van der Waals surface area contributed by atoms with E-state index in [0.29, 0.717) is 13.1 Å². The molecule has 1 aliphatic rings. The van der Waals surface area contributed by atoms with Crippen molar-refractivity contribution in [2.24, 2.45) is 10.7 Å². The van der Waals surface area contributed by atoms with Crippen molar-refractivity contribution in [3.05, 3.63) is 70.8 Å². The zero-order valence-corrected chi connectivity index (χ0v) is 13.5. The van der Waals surface area contributed by atoms with E-state index < -0.39 is 6.04 Å². The quantitative estimate of drug-likeness (QED) is 0.944. The molecule has 1 atom stereocenters. The van der Waals surface area contributed by atoms with Crippen LogP contribution in [0.25, 0.3) is 0 Å². The number of carbonyl (C=O) groups is 1. The van der Waals surface area contributed by atoms with E-state index in [9.17, 15) is 4.79 Å². The third-order valence-corrected chi connectivity index (χ3v) is 4.30. The summed E-state index contributed by atoms with van der Waals surface area (Å²) in [6.45, 7) is 5.42. The maximum Gasteiger partial charge on any atom is 0.244 e. The Kier molecular flexibility index (Phi) is 4.15. The maximum atomic E-state index is 12.3. The van der Waals surface area contributed by atoms with Crippen LogP contribution in [0, 0.1) is 13.8 Å². The van der Waals surface area contributed by atoms with Gasteiger partial charge >= 0.3 is 0 Å². The molecule has 0 bridgehead atoms. The minimum Gasteiger partial charge on any atom is -0.368 e. The van der Waals surface area contributed by atoms with Crippen LogP contribution in [0.2, 0.25) is 0 Å². The zero-order chi connectivity index (χ0) is 16.4. The lowest BCUT2D eigenvalue weighted by atomic mass is 9.94. The molecule has 23 heavy (non-hydrogen) atoms. The number of nitrogens with two attached hydrogens (primary N) is 1. The van der Waals surface area contributed by atoms with Gasteiger partial charge in [-0.2, -0.15) is 0 Å². The Balaban J connectivity index is 2.06. The third kappa shape index (κ3) is 2.84. The molecule has 0 radical (unpaired) electrons. The average molecular weight is 307 g/mol. The Bertz CT molecular complexity index is 732. The Morgan fingerprint density at radius 2 is 1.74 bits per heavy atom. The van der Waals surface area contributed by atoms with Gasteiger partial charge in [0.2, 0.25) is 5.91 Å². The number of primary amides is 1. The molecular weight excluding hydrogens is 286 g/mol. The largest absolute Gasteiger partial charge is 0.368 e. The minimum atomic E-state index is -0.488. The standard InChI is InChI=1S/C19H21N3O/c1-13-7-6-8-14(2)16(13)17(18(20)23)22-12-11-21-19(22)15-9-4-3-5-10-15/h3-10,17H,11-12H2,1-2H3,(H2,20,23). The first-order valence-corrected chi connectivity index (χ1v) is 7.81. The molecule has 2 N–H and O–H groups in total. The van der Waals surface area contributed by atoms with E-state index in [4.69, 9.17) is 5.73 Å². The average Bonchev–Trinajstić information content (AvgIpc) is 3.00. The first-order chi connectivity index (χ1) is 11.1. The van der Waals surface area contributed by atoms with Crippen LogP contribution in [0.15, 0.2) is 53.5 Å². The molecule has 2 aromatic rings. The predicted molar refractivity (Wildman–Crippen MR) is 92.4 cm³/mol. The van der Waals surface area contributed by atoms with Crippen LogP contribution >= 0.6 is 0 Å². The molecule has 0 saturated heterocycles. The number of carbonyl (C=O) groups excluding carboxylic acids is 1. The van der Waals surface area contributed by atoms with Gasteiger partial charge in [0, 0.05) is 12.1 Å². The number of aryl methyl sites for hydroxylation is 2. The molecule has 4 heteroatoms. The first-order valence-electron chi connectivity index (χ1n) is 7.81. The van der Waals surface area contributed by atoms with E-state index in [1.54, 1.807) is 0 Å². The topological polar surface area (TPSA) is 58.7 Å². The van der Waals surface area contributed by atoms with E-state index in [1.807, 2.05) is 67.3 Å². The molecule has 3 rings (SSSR count). The van der Waals surface area contributed by atoms with Crippen molar-refractivity contribution >= 4 is 11.7 Å². The molecule has 1 heterocycles. The smallest absolute Gasteiger partial charge is 0.244 e. The Morgan fingerprint density at radius 3 is 2.35 bits per heavy atom. The number of hydrogen-bond acceptors (Lipinski definition) is 3. The van der Waals surface area contributed by atoms with Crippen LogP contribution in [0.3, 0.4) is 0 Å². The van der Waals surface area contributed by atoms with Crippen molar-refractivity contribution in [3.8, 4) is 0 Å². The number of hydrogen-bond donors (Lipinski definition) is 1. The van der Waals surface area contributed by atoms with Crippen molar-refractivity contribution in [2.75, 3.05) is 13.1 Å². The summed E-state index contributed by atoms with van der Waals surface area (Å²) < 4.78 is 0. The second-order valence-corrected chi connectivity index (χ2v) is 5.88. The van der Waals surface area contributed by atoms with Gasteiger partial charge < -0.3 is 10.6 Å². The minimum absolute atomic E-state index is 0.340. The van der Waals surface area contributed by atoms with E-state index in [2.05, 4.69) is 4.99 Å². The van der Waals surface area contributed by atoms with Crippen LogP contribution < -0.4 is 5.73 Å². The molecule has 4 nitrogen and oxygen atoms in total. The Labute approximate surface area is 136 Å². The first kappa shape index (κ1) is 15.3. The number of benzene rings is 2. The molecule has 1 unspecified atom stereocenters. The molecular formula is C19H21N3O. The number of amides is 1. The summed E-state index contributed by atoms with van der Waals surface area (Å²) in [6.07, 6.45) is 0. The fraction of sp³-hybridized carbons (Fsp3) is 0.263. The number of nitrogens with zero attached hydrogens (tertiary/aromatic N) is 2. The van der Waals surface area contributed by atoms with Crippen LogP contribution in [0.5, 0.6) is 0 Å². The van der Waals surface area contributed by atoms with E-state index in [0.717, 1.165) is 28.1 Å². The molecule has 0 fully saturated rings. The lowest BCUT2D eigenvalue weighted by molar-refractivity contribution is -0.122. The second kappa shape index (κ2) is 6.24. The van der Waals surface area contributed by atoms with Gasteiger partial charge in [0.05, 0.1) is 6.54 Å². The third-order valence-electron chi connectivity index (χ3n) is 4.30. The summed E-state index contributed by atoms with van der Waals surface area (Å²) >= 11 is 0. The van der Waals surface area contributed by atoms with Crippen LogP contribution in [0.4, 0.5) is 0 Å². The summed E-state index contributed by atoms with van der Waals surface area (Å²) in [7, 11) is 0. The highest BCUT2D eigenvalue weighted by Crippen LogP contribution is 2.30. The number of aliphatic imine (C=N–C) groups is 1. The highest BCUT2D eigenvalue weighted by molar-refractivity contribution is 6.02. The monoisotopic (exact) mass is 307 g/mol. The summed E-state index contributed by atoms with van der Waals surface area (Å²) in [6, 6.07) is 15.5. The van der Waals surface area contributed by atoms with E-state index in [-0.39, 0.29) is 5.91 Å². The van der Waals surface area contributed by atoms with Gasteiger partial charge in [-0.15, -0.1) is 0 Å². The summed E-state index contributed by atoms with van der Waals surface area (Å²) in [4.78, 5) is 18.9. The van der Waals surface area contributed by atoms with Gasteiger partial charge in [0.15, 0.2) is 0 Å². The highest BCUT2D eigenvalue weighted by atomic mass is 16.1. The van der Waals surface area contributed by atoms with Crippen LogP contribution in [-0.2, 0) is 4.79 Å². The second-order valence-electron chi connectivity index (χ2n) is 5.88. The Morgan fingerprint density at radius 1 is 1.09 bits per heavy atom. The fourth-order valence-electron chi connectivity index (χ4n) is 3.27. The van der Waals surface area contributed by atoms with Crippen LogP contribution in [0.1, 0.15) is 28.3 Å². The van der Waals surface area contributed by atoms with Crippen molar-refractivity contribution < 1.29 is 4.79 Å². The zero-order valence-electron chi connectivity index (χ0n) is 13.5. The SMILES string of the molecule is Cc1cccc(C)c1C(C(N)=O)N1CCN=C1c1ccccc1. The molecule has 2 aromatic carbocycles. The van der Waals surface area contributed by atoms with Gasteiger partial charge in [0.25, 0.3) is 0 Å². The van der Waals surface area contributed by atoms with Gasteiger partial charge in [-0.3, -0.25) is 9.79 Å². The van der Waals surface area contributed by atoms with Crippen LogP contribution in [-0.4, -0.2) is 29.7 Å². The highest BCUT2D eigenvalue weighted by Gasteiger charge is 2.33. The molecule has 0 aromatic heterocycles. The maximum absolute atomic E-state index is 12.3. The summed E-state index contributed by atoms with van der Waals surface area (Å²) in [5.74, 6) is 0.505. The lowest BCUT2D eigenvalue weighted by Gasteiger charge is -2.31. The predicted octanol–water partition coefficient (Wildman–Crippen LogP) is 2.59. The molecule has 1 aliphatic heterocycles. The summed E-state index contributed by atoms with van der Waals surface area (Å²) in [5, 5.41) is 0. The van der Waals surface area contributed by atoms with Crippen molar-refractivity contribution in [1.82, 2.24) is 4.90 Å². The fourth-order valence-corrected chi connectivity index (χ4v) is 3.27. The molecule has 118 valence electrons.